The van der Waals surface area contributed by atoms with Crippen LogP contribution in [0.3, 0.4) is 0 Å². The Labute approximate surface area is 106 Å². The van der Waals surface area contributed by atoms with Gasteiger partial charge in [-0.3, -0.25) is 14.3 Å². The van der Waals surface area contributed by atoms with Crippen LogP contribution in [0.4, 0.5) is 0 Å². The van der Waals surface area contributed by atoms with Gasteiger partial charge in [-0.05, 0) is 27.7 Å². The maximum atomic E-state index is 12.4. The van der Waals surface area contributed by atoms with Gasteiger partial charge < -0.3 is 10.0 Å². The molecule has 1 rings (SSSR count). The number of hydrogen-bond donors (Lipinski definition) is 1. The second-order valence-electron chi connectivity index (χ2n) is 4.59. The number of amides is 1. The summed E-state index contributed by atoms with van der Waals surface area (Å²) in [5.41, 5.74) is 1.86. The molecule has 0 bridgehead atoms. The van der Waals surface area contributed by atoms with Crippen LogP contribution in [-0.4, -0.2) is 44.3 Å². The van der Waals surface area contributed by atoms with Crippen LogP contribution in [-0.2, 0) is 11.8 Å². The van der Waals surface area contributed by atoms with E-state index in [-0.39, 0.29) is 18.5 Å². The zero-order valence-electron chi connectivity index (χ0n) is 11.4. The molecule has 0 atom stereocenters. The van der Waals surface area contributed by atoms with Crippen molar-refractivity contribution in [3.63, 3.8) is 0 Å². The first-order valence-corrected chi connectivity index (χ1v) is 5.78. The van der Waals surface area contributed by atoms with Crippen molar-refractivity contribution in [3.05, 3.63) is 17.0 Å². The minimum Gasteiger partial charge on any atom is -0.480 e. The number of nitrogens with zero attached hydrogens (tertiary/aromatic N) is 3. The van der Waals surface area contributed by atoms with Gasteiger partial charge in [0.15, 0.2) is 0 Å². The maximum Gasteiger partial charge on any atom is 0.323 e. The van der Waals surface area contributed by atoms with E-state index in [0.717, 1.165) is 5.69 Å². The molecule has 1 heterocycles. The maximum absolute atomic E-state index is 12.4. The Bertz CT molecular complexity index is 477. The summed E-state index contributed by atoms with van der Waals surface area (Å²) in [5.74, 6) is -1.30. The van der Waals surface area contributed by atoms with E-state index in [1.807, 2.05) is 0 Å². The van der Waals surface area contributed by atoms with E-state index in [1.54, 1.807) is 39.4 Å². The van der Waals surface area contributed by atoms with Crippen LogP contribution in [0.2, 0.25) is 0 Å². The van der Waals surface area contributed by atoms with Gasteiger partial charge in [0.05, 0.1) is 11.3 Å². The molecule has 0 aliphatic carbocycles. The number of hydrogen-bond acceptors (Lipinski definition) is 3. The fourth-order valence-corrected chi connectivity index (χ4v) is 1.86. The summed E-state index contributed by atoms with van der Waals surface area (Å²) in [6.45, 7) is 6.83. The third-order valence-corrected chi connectivity index (χ3v) is 2.91. The van der Waals surface area contributed by atoms with Gasteiger partial charge in [-0.15, -0.1) is 0 Å². The Morgan fingerprint density at radius 3 is 2.28 bits per heavy atom. The molecule has 0 saturated heterocycles. The van der Waals surface area contributed by atoms with Crippen molar-refractivity contribution in [3.8, 4) is 0 Å². The van der Waals surface area contributed by atoms with Crippen LogP contribution < -0.4 is 0 Å². The van der Waals surface area contributed by atoms with E-state index in [4.69, 9.17) is 5.11 Å². The summed E-state index contributed by atoms with van der Waals surface area (Å²) in [4.78, 5) is 24.5. The molecular weight excluding hydrogens is 234 g/mol. The zero-order valence-corrected chi connectivity index (χ0v) is 11.4. The molecule has 0 aromatic carbocycles. The van der Waals surface area contributed by atoms with Gasteiger partial charge >= 0.3 is 5.97 Å². The summed E-state index contributed by atoms with van der Waals surface area (Å²) in [5, 5.41) is 13.0. The lowest BCUT2D eigenvalue weighted by Gasteiger charge is -2.25. The van der Waals surface area contributed by atoms with Crippen LogP contribution in [0.25, 0.3) is 0 Å². The monoisotopic (exact) mass is 253 g/mol. The van der Waals surface area contributed by atoms with Crippen LogP contribution >= 0.6 is 0 Å². The molecule has 6 nitrogen and oxygen atoms in total. The molecule has 0 aliphatic rings. The number of carbonyl (C=O) groups is 2. The smallest absolute Gasteiger partial charge is 0.323 e. The number of carbonyl (C=O) groups excluding carboxylic acids is 1. The predicted molar refractivity (Wildman–Crippen MR) is 66.5 cm³/mol. The van der Waals surface area contributed by atoms with Crippen molar-refractivity contribution < 1.29 is 14.7 Å². The molecule has 1 amide bonds. The van der Waals surface area contributed by atoms with E-state index in [2.05, 4.69) is 5.10 Å². The van der Waals surface area contributed by atoms with Crippen LogP contribution in [0.5, 0.6) is 0 Å². The molecule has 0 saturated carbocycles. The highest BCUT2D eigenvalue weighted by atomic mass is 16.4. The number of carboxylic acid groups (broad SMARTS) is 1. The van der Waals surface area contributed by atoms with Gasteiger partial charge in [-0.1, -0.05) is 0 Å². The van der Waals surface area contributed by atoms with Crippen molar-refractivity contribution in [1.82, 2.24) is 14.7 Å². The number of aliphatic carboxylic acids is 1. The van der Waals surface area contributed by atoms with Crippen LogP contribution in [0.15, 0.2) is 0 Å². The first-order valence-electron chi connectivity index (χ1n) is 5.78. The Morgan fingerprint density at radius 2 is 1.94 bits per heavy atom. The molecule has 1 N–H and O–H groups in total. The SMILES string of the molecule is Cc1nn(C)c(C)c1C(=O)N(CC(=O)O)C(C)C. The minimum absolute atomic E-state index is 0.174. The van der Waals surface area contributed by atoms with Crippen molar-refractivity contribution in [2.75, 3.05) is 6.54 Å². The van der Waals surface area contributed by atoms with Crippen molar-refractivity contribution in [1.29, 1.82) is 0 Å². The molecule has 100 valence electrons. The molecule has 6 heteroatoms. The summed E-state index contributed by atoms with van der Waals surface area (Å²) < 4.78 is 1.63. The molecule has 1 aromatic rings. The zero-order chi connectivity index (χ0) is 14.0. The summed E-state index contributed by atoms with van der Waals surface area (Å²) in [6.07, 6.45) is 0. The quantitative estimate of drug-likeness (QED) is 0.867. The highest BCUT2D eigenvalue weighted by molar-refractivity contribution is 5.98. The number of aryl methyl sites for hydroxylation is 2. The van der Waals surface area contributed by atoms with Gasteiger partial charge in [-0.25, -0.2) is 0 Å². The first kappa shape index (κ1) is 14.2. The van der Waals surface area contributed by atoms with E-state index in [9.17, 15) is 9.59 Å². The summed E-state index contributed by atoms with van der Waals surface area (Å²) in [7, 11) is 1.76. The largest absolute Gasteiger partial charge is 0.480 e. The Morgan fingerprint density at radius 1 is 1.39 bits per heavy atom. The normalized spacial score (nSPS) is 10.8. The van der Waals surface area contributed by atoms with E-state index in [1.165, 1.54) is 4.90 Å². The van der Waals surface area contributed by atoms with Gasteiger partial charge in [0.2, 0.25) is 0 Å². The van der Waals surface area contributed by atoms with Crippen LogP contribution in [0, 0.1) is 13.8 Å². The lowest BCUT2D eigenvalue weighted by atomic mass is 10.1. The van der Waals surface area contributed by atoms with E-state index in [0.29, 0.717) is 11.3 Å². The Balaban J connectivity index is 3.13. The number of rotatable bonds is 4. The summed E-state index contributed by atoms with van der Waals surface area (Å²) >= 11 is 0. The average Bonchev–Trinajstić information content (AvgIpc) is 2.48. The molecule has 0 radical (unpaired) electrons. The molecule has 0 aliphatic heterocycles. The van der Waals surface area contributed by atoms with Crippen LogP contribution in [0.1, 0.15) is 35.6 Å². The highest BCUT2D eigenvalue weighted by Crippen LogP contribution is 2.16. The fourth-order valence-electron chi connectivity index (χ4n) is 1.86. The third-order valence-electron chi connectivity index (χ3n) is 2.91. The third kappa shape index (κ3) is 2.69. The summed E-state index contributed by atoms with van der Waals surface area (Å²) in [6, 6.07) is -0.174. The van der Waals surface area contributed by atoms with Crippen molar-refractivity contribution in [2.24, 2.45) is 7.05 Å². The van der Waals surface area contributed by atoms with Crippen molar-refractivity contribution >= 4 is 11.9 Å². The van der Waals surface area contributed by atoms with Gasteiger partial charge in [0, 0.05) is 18.8 Å². The average molecular weight is 253 g/mol. The lowest BCUT2D eigenvalue weighted by molar-refractivity contribution is -0.138. The Kier molecular flexibility index (Phi) is 4.11. The molecular formula is C12H19N3O3. The number of aromatic nitrogens is 2. The molecule has 0 spiro atoms. The second kappa shape index (κ2) is 5.20. The molecule has 18 heavy (non-hydrogen) atoms. The van der Waals surface area contributed by atoms with E-state index >= 15 is 0 Å². The lowest BCUT2D eigenvalue weighted by Crippen LogP contribution is -2.41. The molecule has 1 aromatic heterocycles. The highest BCUT2D eigenvalue weighted by Gasteiger charge is 2.26. The van der Waals surface area contributed by atoms with Crippen molar-refractivity contribution in [2.45, 2.75) is 33.7 Å². The first-order chi connectivity index (χ1) is 8.25. The Hall–Kier alpha value is -1.85. The van der Waals surface area contributed by atoms with Gasteiger partial charge in [0.25, 0.3) is 5.91 Å². The van der Waals surface area contributed by atoms with E-state index < -0.39 is 5.97 Å². The predicted octanol–water partition coefficient (Wildman–Crippen LogP) is 0.972. The standard InChI is InChI=1S/C12H19N3O3/c1-7(2)15(6-10(16)17)12(18)11-8(3)13-14(5)9(11)4/h7H,6H2,1-5H3,(H,16,17). The molecule has 0 fully saturated rings. The minimum atomic E-state index is -1.02. The topological polar surface area (TPSA) is 75.4 Å². The number of carboxylic acids is 1. The second-order valence-corrected chi connectivity index (χ2v) is 4.59. The van der Waals surface area contributed by atoms with Gasteiger partial charge in [-0.2, -0.15) is 5.10 Å². The fraction of sp³-hybridized carbons (Fsp3) is 0.583. The molecule has 0 unspecified atom stereocenters. The van der Waals surface area contributed by atoms with Gasteiger partial charge in [0.1, 0.15) is 6.54 Å².